The summed E-state index contributed by atoms with van der Waals surface area (Å²) in [5.74, 6) is 0.864. The molecule has 1 saturated carbocycles. The number of hydrogen-bond acceptors (Lipinski definition) is 2. The van der Waals surface area contributed by atoms with E-state index in [2.05, 4.69) is 11.0 Å². The fraction of sp³-hybridized carbons (Fsp3) is 0.533. The smallest absolute Gasteiger partial charge is 0.152 e. The van der Waals surface area contributed by atoms with Gasteiger partial charge in [0.05, 0.1) is 0 Å². The molecule has 1 heterocycles. The van der Waals surface area contributed by atoms with Crippen LogP contribution in [0, 0.1) is 5.92 Å². The maximum Gasteiger partial charge on any atom is 0.152 e. The normalized spacial score (nSPS) is 27.9. The van der Waals surface area contributed by atoms with Crippen LogP contribution in [-0.4, -0.2) is 18.9 Å². The van der Waals surface area contributed by atoms with E-state index in [0.717, 1.165) is 30.0 Å². The Morgan fingerprint density at radius 2 is 1.94 bits per heavy atom. The van der Waals surface area contributed by atoms with Crippen molar-refractivity contribution in [2.24, 2.45) is 5.92 Å². The third-order valence-electron chi connectivity index (χ3n) is 4.37. The highest BCUT2D eigenvalue weighted by atomic mass is 16.1. The van der Waals surface area contributed by atoms with Gasteiger partial charge in [0.2, 0.25) is 0 Å². The average Bonchev–Trinajstić information content (AvgIpc) is 2.86. The minimum atomic E-state index is 0.685. The van der Waals surface area contributed by atoms with Gasteiger partial charge in [-0.2, -0.15) is 0 Å². The van der Waals surface area contributed by atoms with Crippen LogP contribution in [0.15, 0.2) is 24.3 Å². The van der Waals surface area contributed by atoms with Crippen molar-refractivity contribution in [3.8, 4) is 0 Å². The molecule has 1 saturated heterocycles. The zero-order valence-corrected chi connectivity index (χ0v) is 10.1. The van der Waals surface area contributed by atoms with Crippen molar-refractivity contribution < 1.29 is 4.79 Å². The van der Waals surface area contributed by atoms with Gasteiger partial charge in [-0.1, -0.05) is 18.6 Å². The van der Waals surface area contributed by atoms with E-state index >= 15 is 0 Å². The van der Waals surface area contributed by atoms with Crippen LogP contribution < -0.4 is 4.90 Å². The van der Waals surface area contributed by atoms with Gasteiger partial charge >= 0.3 is 0 Å². The molecule has 2 fully saturated rings. The zero-order valence-electron chi connectivity index (χ0n) is 10.1. The Kier molecular flexibility index (Phi) is 2.87. The zero-order chi connectivity index (χ0) is 11.7. The van der Waals surface area contributed by atoms with Gasteiger partial charge in [-0.15, -0.1) is 0 Å². The Labute approximate surface area is 103 Å². The number of anilines is 1. The number of carbonyl (C=O) groups excluding carboxylic acids is 1. The van der Waals surface area contributed by atoms with Gasteiger partial charge in [-0.25, -0.2) is 0 Å². The molecule has 1 aromatic carbocycles. The molecule has 17 heavy (non-hydrogen) atoms. The first-order valence-corrected chi connectivity index (χ1v) is 6.71. The van der Waals surface area contributed by atoms with E-state index in [-0.39, 0.29) is 0 Å². The molecule has 1 aliphatic carbocycles. The first-order chi connectivity index (χ1) is 8.40. The molecular weight excluding hydrogens is 210 g/mol. The summed E-state index contributed by atoms with van der Waals surface area (Å²) in [6.45, 7) is 1.12. The Morgan fingerprint density at radius 1 is 1.12 bits per heavy atom. The van der Waals surface area contributed by atoms with Crippen molar-refractivity contribution in [1.29, 1.82) is 0 Å². The second-order valence-corrected chi connectivity index (χ2v) is 5.27. The summed E-state index contributed by atoms with van der Waals surface area (Å²) in [5.41, 5.74) is 2.00. The molecule has 3 rings (SSSR count). The molecule has 0 aromatic heterocycles. The van der Waals surface area contributed by atoms with Crippen LogP contribution in [0.4, 0.5) is 5.69 Å². The first kappa shape index (κ1) is 10.8. The lowest BCUT2D eigenvalue weighted by Gasteiger charge is -2.40. The number of hydrogen-bond donors (Lipinski definition) is 0. The number of piperidine rings is 1. The number of aldehydes is 1. The summed E-state index contributed by atoms with van der Waals surface area (Å²) in [7, 11) is 0. The van der Waals surface area contributed by atoms with Crippen molar-refractivity contribution in [2.45, 2.75) is 38.1 Å². The summed E-state index contributed by atoms with van der Waals surface area (Å²) in [5, 5.41) is 0. The standard InChI is InChI=1S/C15H19NO/c17-11-13-5-1-2-8-15(13)16-10-4-7-12-6-3-9-14(12)16/h1-2,5,8,11-12,14H,3-4,6-7,9-10H2. The molecule has 2 atom stereocenters. The monoisotopic (exact) mass is 229 g/mol. The van der Waals surface area contributed by atoms with E-state index in [1.807, 2.05) is 18.2 Å². The number of fused-ring (bicyclic) bond motifs is 1. The molecule has 0 bridgehead atoms. The molecule has 2 aliphatic rings. The molecule has 2 heteroatoms. The lowest BCUT2D eigenvalue weighted by molar-refractivity contribution is 0.112. The van der Waals surface area contributed by atoms with Crippen molar-refractivity contribution in [1.82, 2.24) is 0 Å². The minimum absolute atomic E-state index is 0.685. The molecule has 0 spiro atoms. The summed E-state index contributed by atoms with van der Waals surface area (Å²) in [4.78, 5) is 13.6. The van der Waals surface area contributed by atoms with E-state index in [0.29, 0.717) is 6.04 Å². The van der Waals surface area contributed by atoms with Gasteiger partial charge in [0, 0.05) is 23.8 Å². The largest absolute Gasteiger partial charge is 0.368 e. The Hall–Kier alpha value is -1.31. The van der Waals surface area contributed by atoms with Crippen molar-refractivity contribution in [3.05, 3.63) is 29.8 Å². The quantitative estimate of drug-likeness (QED) is 0.725. The molecule has 2 nitrogen and oxygen atoms in total. The molecule has 0 N–H and O–H groups in total. The van der Waals surface area contributed by atoms with Crippen molar-refractivity contribution in [3.63, 3.8) is 0 Å². The predicted octanol–water partition coefficient (Wildman–Crippen LogP) is 3.27. The van der Waals surface area contributed by atoms with E-state index in [9.17, 15) is 4.79 Å². The maximum absolute atomic E-state index is 11.1. The SMILES string of the molecule is O=Cc1ccccc1N1CCCC2CCCC21. The average molecular weight is 229 g/mol. The summed E-state index contributed by atoms with van der Waals surface area (Å²) < 4.78 is 0. The maximum atomic E-state index is 11.1. The Balaban J connectivity index is 1.94. The van der Waals surface area contributed by atoms with Gasteiger partial charge in [-0.3, -0.25) is 4.79 Å². The fourth-order valence-corrected chi connectivity index (χ4v) is 3.60. The predicted molar refractivity (Wildman–Crippen MR) is 69.5 cm³/mol. The molecule has 90 valence electrons. The highest BCUT2D eigenvalue weighted by molar-refractivity contribution is 5.84. The van der Waals surface area contributed by atoms with Crippen molar-refractivity contribution in [2.75, 3.05) is 11.4 Å². The molecule has 1 aromatic rings. The molecule has 0 amide bonds. The summed E-state index contributed by atoms with van der Waals surface area (Å²) in [6, 6.07) is 8.71. The van der Waals surface area contributed by atoms with Crippen LogP contribution in [0.5, 0.6) is 0 Å². The molecular formula is C15H19NO. The third-order valence-corrected chi connectivity index (χ3v) is 4.37. The number of rotatable bonds is 2. The van der Waals surface area contributed by atoms with Gasteiger partial charge < -0.3 is 4.90 Å². The second kappa shape index (κ2) is 4.52. The van der Waals surface area contributed by atoms with Gasteiger partial charge in [-0.05, 0) is 43.7 Å². The van der Waals surface area contributed by atoms with Crippen LogP contribution in [0.1, 0.15) is 42.5 Å². The van der Waals surface area contributed by atoms with Crippen LogP contribution in [0.3, 0.4) is 0 Å². The highest BCUT2D eigenvalue weighted by Crippen LogP contribution is 2.39. The Bertz CT molecular complexity index is 415. The molecule has 1 aliphatic heterocycles. The third kappa shape index (κ3) is 1.86. The van der Waals surface area contributed by atoms with Crippen LogP contribution in [0.25, 0.3) is 0 Å². The van der Waals surface area contributed by atoms with Crippen molar-refractivity contribution >= 4 is 12.0 Å². The topological polar surface area (TPSA) is 20.3 Å². The van der Waals surface area contributed by atoms with Crippen LogP contribution in [0.2, 0.25) is 0 Å². The number of nitrogens with zero attached hydrogens (tertiary/aromatic N) is 1. The second-order valence-electron chi connectivity index (χ2n) is 5.27. The van der Waals surface area contributed by atoms with Gasteiger partial charge in [0.15, 0.2) is 6.29 Å². The number of carbonyl (C=O) groups is 1. The lowest BCUT2D eigenvalue weighted by atomic mass is 9.91. The minimum Gasteiger partial charge on any atom is -0.368 e. The fourth-order valence-electron chi connectivity index (χ4n) is 3.60. The lowest BCUT2D eigenvalue weighted by Crippen LogP contribution is -2.43. The number of para-hydroxylation sites is 1. The summed E-state index contributed by atoms with van der Waals surface area (Å²) >= 11 is 0. The van der Waals surface area contributed by atoms with Crippen LogP contribution in [-0.2, 0) is 0 Å². The molecule has 0 radical (unpaired) electrons. The highest BCUT2D eigenvalue weighted by Gasteiger charge is 2.35. The van der Waals surface area contributed by atoms with Crippen LogP contribution >= 0.6 is 0 Å². The number of benzene rings is 1. The van der Waals surface area contributed by atoms with E-state index in [4.69, 9.17) is 0 Å². The van der Waals surface area contributed by atoms with E-state index in [1.165, 1.54) is 32.1 Å². The van der Waals surface area contributed by atoms with Gasteiger partial charge in [0.1, 0.15) is 0 Å². The molecule has 2 unspecified atom stereocenters. The Morgan fingerprint density at radius 3 is 2.82 bits per heavy atom. The van der Waals surface area contributed by atoms with E-state index in [1.54, 1.807) is 0 Å². The van der Waals surface area contributed by atoms with E-state index < -0.39 is 0 Å². The van der Waals surface area contributed by atoms with Gasteiger partial charge in [0.25, 0.3) is 0 Å². The summed E-state index contributed by atoms with van der Waals surface area (Å²) in [6.07, 6.45) is 7.68. The first-order valence-electron chi connectivity index (χ1n) is 6.71.